The second kappa shape index (κ2) is 6.72. The number of likely N-dealkylation sites (N-methyl/N-ethyl adjacent to an activating group) is 1. The lowest BCUT2D eigenvalue weighted by Crippen LogP contribution is -2.40. The van der Waals surface area contributed by atoms with Crippen LogP contribution in [0.2, 0.25) is 0 Å². The third-order valence-electron chi connectivity index (χ3n) is 4.53. The Morgan fingerprint density at radius 3 is 2.72 bits per heavy atom. The molecule has 0 spiro atoms. The molecule has 3 rings (SSSR count). The molecule has 1 aliphatic rings. The van der Waals surface area contributed by atoms with E-state index in [2.05, 4.69) is 15.5 Å². The van der Waals surface area contributed by atoms with Gasteiger partial charge in [0.25, 0.3) is 0 Å². The summed E-state index contributed by atoms with van der Waals surface area (Å²) in [5.74, 6) is -0.369. The molecule has 1 heterocycles. The Morgan fingerprint density at radius 2 is 2.00 bits per heavy atom. The molecule has 132 valence electrons. The second-order valence-electron chi connectivity index (χ2n) is 6.60. The molecule has 25 heavy (non-hydrogen) atoms. The Bertz CT molecular complexity index is 775. The number of nitrogens with one attached hydrogen (secondary N) is 2. The first kappa shape index (κ1) is 17.2. The molecule has 0 aliphatic carbocycles. The number of amides is 2. The Balaban J connectivity index is 1.59. The van der Waals surface area contributed by atoms with E-state index in [4.69, 9.17) is 0 Å². The van der Waals surface area contributed by atoms with Crippen LogP contribution in [0.1, 0.15) is 18.1 Å². The minimum Gasteiger partial charge on any atom is -0.384 e. The summed E-state index contributed by atoms with van der Waals surface area (Å²) in [7, 11) is 2.02. The normalized spacial score (nSPS) is 15.4. The number of anilines is 2. The van der Waals surface area contributed by atoms with Crippen LogP contribution in [0, 0.1) is 5.82 Å². The van der Waals surface area contributed by atoms with Crippen LogP contribution in [0.3, 0.4) is 0 Å². The summed E-state index contributed by atoms with van der Waals surface area (Å²) < 4.78 is 13.0. The molecule has 2 aromatic carbocycles. The molecular weight excluding hydrogens is 321 g/mol. The SMILES string of the molecule is CN1CCc2ccc(NC(=O)NCC(C)(O)c3ccc(F)cc3)cc21. The van der Waals surface area contributed by atoms with Gasteiger partial charge in [-0.05, 0) is 48.7 Å². The fourth-order valence-electron chi connectivity index (χ4n) is 2.96. The van der Waals surface area contributed by atoms with Crippen molar-refractivity contribution in [2.75, 3.05) is 30.4 Å². The minimum absolute atomic E-state index is 0.00924. The van der Waals surface area contributed by atoms with Crippen LogP contribution >= 0.6 is 0 Å². The van der Waals surface area contributed by atoms with Crippen LogP contribution in [0.25, 0.3) is 0 Å². The molecule has 2 aromatic rings. The molecule has 1 aliphatic heterocycles. The van der Waals surface area contributed by atoms with Crippen molar-refractivity contribution in [3.63, 3.8) is 0 Å². The highest BCUT2D eigenvalue weighted by Gasteiger charge is 2.24. The number of halogens is 1. The lowest BCUT2D eigenvalue weighted by atomic mass is 9.96. The molecule has 2 amide bonds. The third kappa shape index (κ3) is 3.91. The van der Waals surface area contributed by atoms with Gasteiger partial charge in [-0.25, -0.2) is 9.18 Å². The molecule has 3 N–H and O–H groups in total. The Kier molecular flexibility index (Phi) is 4.63. The summed E-state index contributed by atoms with van der Waals surface area (Å²) in [6.07, 6.45) is 1.01. The van der Waals surface area contributed by atoms with E-state index in [1.165, 1.54) is 29.8 Å². The van der Waals surface area contributed by atoms with E-state index >= 15 is 0 Å². The van der Waals surface area contributed by atoms with Gasteiger partial charge in [0, 0.05) is 25.0 Å². The van der Waals surface area contributed by atoms with Crippen molar-refractivity contribution in [2.24, 2.45) is 0 Å². The fourth-order valence-corrected chi connectivity index (χ4v) is 2.96. The number of hydrogen-bond donors (Lipinski definition) is 3. The minimum atomic E-state index is -1.29. The topological polar surface area (TPSA) is 64.6 Å². The zero-order valence-corrected chi connectivity index (χ0v) is 14.3. The summed E-state index contributed by atoms with van der Waals surface area (Å²) in [6, 6.07) is 11.0. The molecule has 1 unspecified atom stereocenters. The van der Waals surface area contributed by atoms with Crippen LogP contribution in [0.5, 0.6) is 0 Å². The molecule has 0 bridgehead atoms. The average molecular weight is 343 g/mol. The van der Waals surface area contributed by atoms with Crippen molar-refractivity contribution in [1.82, 2.24) is 5.32 Å². The highest BCUT2D eigenvalue weighted by Crippen LogP contribution is 2.29. The summed E-state index contributed by atoms with van der Waals surface area (Å²) in [5, 5.41) is 15.9. The first-order chi connectivity index (χ1) is 11.8. The largest absolute Gasteiger partial charge is 0.384 e. The number of rotatable bonds is 4. The quantitative estimate of drug-likeness (QED) is 0.800. The highest BCUT2D eigenvalue weighted by molar-refractivity contribution is 5.90. The number of aliphatic hydroxyl groups is 1. The van der Waals surface area contributed by atoms with E-state index in [1.807, 2.05) is 25.2 Å². The average Bonchev–Trinajstić information content (AvgIpc) is 2.94. The number of nitrogens with zero attached hydrogens (tertiary/aromatic N) is 1. The smallest absolute Gasteiger partial charge is 0.319 e. The second-order valence-corrected chi connectivity index (χ2v) is 6.60. The van der Waals surface area contributed by atoms with Crippen molar-refractivity contribution >= 4 is 17.4 Å². The monoisotopic (exact) mass is 343 g/mol. The van der Waals surface area contributed by atoms with Gasteiger partial charge in [0.15, 0.2) is 0 Å². The molecule has 0 fully saturated rings. The van der Waals surface area contributed by atoms with Crippen molar-refractivity contribution < 1.29 is 14.3 Å². The van der Waals surface area contributed by atoms with Gasteiger partial charge in [-0.2, -0.15) is 0 Å². The molecule has 0 saturated carbocycles. The fraction of sp³-hybridized carbons (Fsp3) is 0.316. The first-order valence-corrected chi connectivity index (χ1v) is 8.22. The summed E-state index contributed by atoms with van der Waals surface area (Å²) in [6.45, 7) is 2.56. The van der Waals surface area contributed by atoms with Gasteiger partial charge in [0.1, 0.15) is 11.4 Å². The van der Waals surface area contributed by atoms with Gasteiger partial charge in [0.05, 0.1) is 6.54 Å². The summed E-state index contributed by atoms with van der Waals surface area (Å²) in [4.78, 5) is 14.3. The van der Waals surface area contributed by atoms with Gasteiger partial charge in [-0.1, -0.05) is 18.2 Å². The summed E-state index contributed by atoms with van der Waals surface area (Å²) in [5.41, 5.74) is 2.34. The summed E-state index contributed by atoms with van der Waals surface area (Å²) >= 11 is 0. The van der Waals surface area contributed by atoms with E-state index in [9.17, 15) is 14.3 Å². The number of carbonyl (C=O) groups excluding carboxylic acids is 1. The van der Waals surface area contributed by atoms with Gasteiger partial charge < -0.3 is 20.6 Å². The maximum Gasteiger partial charge on any atom is 0.319 e. The van der Waals surface area contributed by atoms with Crippen molar-refractivity contribution in [3.8, 4) is 0 Å². The lowest BCUT2D eigenvalue weighted by molar-refractivity contribution is 0.0599. The first-order valence-electron chi connectivity index (χ1n) is 8.22. The number of hydrogen-bond acceptors (Lipinski definition) is 3. The van der Waals surface area contributed by atoms with E-state index in [1.54, 1.807) is 6.92 Å². The molecule has 6 heteroatoms. The van der Waals surface area contributed by atoms with Gasteiger partial charge in [0.2, 0.25) is 0 Å². The zero-order valence-electron chi connectivity index (χ0n) is 14.3. The van der Waals surface area contributed by atoms with Crippen molar-refractivity contribution in [2.45, 2.75) is 18.9 Å². The highest BCUT2D eigenvalue weighted by atomic mass is 19.1. The lowest BCUT2D eigenvalue weighted by Gasteiger charge is -2.24. The maximum atomic E-state index is 13.0. The van der Waals surface area contributed by atoms with E-state index < -0.39 is 11.6 Å². The predicted octanol–water partition coefficient (Wildman–Crippen LogP) is 2.85. The van der Waals surface area contributed by atoms with Crippen LogP contribution in [0.15, 0.2) is 42.5 Å². The third-order valence-corrected chi connectivity index (χ3v) is 4.53. The molecule has 0 saturated heterocycles. The van der Waals surface area contributed by atoms with Crippen LogP contribution in [-0.4, -0.2) is 31.3 Å². The Hall–Kier alpha value is -2.60. The van der Waals surface area contributed by atoms with E-state index in [0.29, 0.717) is 11.3 Å². The molecule has 0 radical (unpaired) electrons. The maximum absolute atomic E-state index is 13.0. The van der Waals surface area contributed by atoms with Crippen LogP contribution < -0.4 is 15.5 Å². The van der Waals surface area contributed by atoms with Gasteiger partial charge >= 0.3 is 6.03 Å². The van der Waals surface area contributed by atoms with Crippen molar-refractivity contribution in [1.29, 1.82) is 0 Å². The van der Waals surface area contributed by atoms with E-state index in [-0.39, 0.29) is 12.4 Å². The van der Waals surface area contributed by atoms with Crippen LogP contribution in [-0.2, 0) is 12.0 Å². The number of urea groups is 1. The molecule has 5 nitrogen and oxygen atoms in total. The molecular formula is C19H22FN3O2. The van der Waals surface area contributed by atoms with Crippen LogP contribution in [0.4, 0.5) is 20.6 Å². The standard InChI is InChI=1S/C19H22FN3O2/c1-19(25,14-4-6-15(20)7-5-14)12-21-18(24)22-16-8-3-13-9-10-23(2)17(13)11-16/h3-8,11,25H,9-10,12H2,1-2H3,(H2,21,22,24). The van der Waals surface area contributed by atoms with Crippen molar-refractivity contribution in [3.05, 3.63) is 59.4 Å². The number of benzene rings is 2. The van der Waals surface area contributed by atoms with Gasteiger partial charge in [-0.15, -0.1) is 0 Å². The molecule has 0 aromatic heterocycles. The number of fused-ring (bicyclic) bond motifs is 1. The van der Waals surface area contributed by atoms with Gasteiger partial charge in [-0.3, -0.25) is 0 Å². The zero-order chi connectivity index (χ0) is 18.0. The number of carbonyl (C=O) groups is 1. The predicted molar refractivity (Wildman–Crippen MR) is 96.4 cm³/mol. The van der Waals surface area contributed by atoms with E-state index in [0.717, 1.165) is 18.7 Å². The Morgan fingerprint density at radius 1 is 1.28 bits per heavy atom. The molecule has 1 atom stereocenters. The Labute approximate surface area is 146 Å².